The molecule has 0 spiro atoms. The van der Waals surface area contributed by atoms with Crippen molar-refractivity contribution < 1.29 is 27.1 Å². The van der Waals surface area contributed by atoms with Crippen molar-refractivity contribution in [1.82, 2.24) is 4.31 Å². The van der Waals surface area contributed by atoms with Crippen molar-refractivity contribution in [2.45, 2.75) is 37.8 Å². The third-order valence-electron chi connectivity index (χ3n) is 4.57. The quantitative estimate of drug-likeness (QED) is 0.915. The lowest BCUT2D eigenvalue weighted by Gasteiger charge is -2.34. The van der Waals surface area contributed by atoms with Crippen molar-refractivity contribution >= 4 is 27.0 Å². The van der Waals surface area contributed by atoms with E-state index in [0.717, 1.165) is 0 Å². The van der Waals surface area contributed by atoms with Crippen molar-refractivity contribution in [3.63, 3.8) is 0 Å². The zero-order valence-electron chi connectivity index (χ0n) is 13.3. The predicted octanol–water partition coefficient (Wildman–Crippen LogP) is 2.75. The van der Waals surface area contributed by atoms with Crippen LogP contribution in [-0.4, -0.2) is 36.4 Å². The first-order chi connectivity index (χ1) is 11.2. The van der Waals surface area contributed by atoms with Gasteiger partial charge in [0.15, 0.2) is 0 Å². The van der Waals surface area contributed by atoms with Crippen LogP contribution in [0.4, 0.5) is 4.39 Å². The Hall–Kier alpha value is -1.93. The second kappa shape index (κ2) is 5.86. The van der Waals surface area contributed by atoms with Crippen LogP contribution in [0, 0.1) is 18.7 Å². The van der Waals surface area contributed by atoms with Gasteiger partial charge in [-0.15, -0.1) is 0 Å². The number of carbonyl (C=O) groups is 1. The molecule has 1 saturated heterocycles. The lowest BCUT2D eigenvalue weighted by Crippen LogP contribution is -2.47. The Morgan fingerprint density at radius 2 is 2.08 bits per heavy atom. The summed E-state index contributed by atoms with van der Waals surface area (Å²) in [5.74, 6) is -2.23. The number of aliphatic carboxylic acids is 1. The largest absolute Gasteiger partial charge is 0.481 e. The molecule has 2 atom stereocenters. The van der Waals surface area contributed by atoms with Gasteiger partial charge in [-0.1, -0.05) is 0 Å². The predicted molar refractivity (Wildman–Crippen MR) is 84.6 cm³/mol. The monoisotopic (exact) mass is 355 g/mol. The Morgan fingerprint density at radius 1 is 1.38 bits per heavy atom. The van der Waals surface area contributed by atoms with E-state index in [1.807, 2.05) is 0 Å². The summed E-state index contributed by atoms with van der Waals surface area (Å²) < 4.78 is 46.0. The number of halogens is 1. The van der Waals surface area contributed by atoms with Crippen molar-refractivity contribution in [3.05, 3.63) is 29.6 Å². The Morgan fingerprint density at radius 3 is 2.75 bits per heavy atom. The summed E-state index contributed by atoms with van der Waals surface area (Å²) in [6.07, 6.45) is 0.900. The maximum atomic E-state index is 13.4. The highest BCUT2D eigenvalue weighted by molar-refractivity contribution is 7.89. The Labute approximate surface area is 138 Å². The fourth-order valence-electron chi connectivity index (χ4n) is 3.13. The molecule has 2 unspecified atom stereocenters. The van der Waals surface area contributed by atoms with Gasteiger partial charge in [0, 0.05) is 23.5 Å². The van der Waals surface area contributed by atoms with Crippen molar-refractivity contribution in [3.8, 4) is 0 Å². The molecule has 3 rings (SSSR count). The van der Waals surface area contributed by atoms with Crippen molar-refractivity contribution in [2.75, 3.05) is 6.54 Å². The molecule has 24 heavy (non-hydrogen) atoms. The van der Waals surface area contributed by atoms with E-state index < -0.39 is 27.7 Å². The van der Waals surface area contributed by atoms with Crippen LogP contribution >= 0.6 is 0 Å². The average Bonchev–Trinajstić information content (AvgIpc) is 2.85. The van der Waals surface area contributed by atoms with Crippen molar-refractivity contribution in [2.24, 2.45) is 5.92 Å². The smallest absolute Gasteiger partial charge is 0.307 e. The van der Waals surface area contributed by atoms with Gasteiger partial charge in [0.1, 0.15) is 11.4 Å². The summed E-state index contributed by atoms with van der Waals surface area (Å²) in [7, 11) is -4.00. The van der Waals surface area contributed by atoms with Crippen LogP contribution in [0.25, 0.3) is 11.0 Å². The van der Waals surface area contributed by atoms with Gasteiger partial charge in [0.25, 0.3) is 10.0 Å². The summed E-state index contributed by atoms with van der Waals surface area (Å²) >= 11 is 0. The number of sulfonamides is 1. The van der Waals surface area contributed by atoms with Gasteiger partial charge in [-0.3, -0.25) is 4.79 Å². The van der Waals surface area contributed by atoms with Gasteiger partial charge in [-0.25, -0.2) is 12.8 Å². The second-order valence-corrected chi connectivity index (χ2v) is 7.98. The molecular weight excluding hydrogens is 337 g/mol. The molecule has 1 aromatic carbocycles. The number of rotatable bonds is 3. The van der Waals surface area contributed by atoms with Gasteiger partial charge in [0.05, 0.1) is 5.92 Å². The number of hydrogen-bond donors (Lipinski definition) is 1. The molecular formula is C16H18FNO5S. The van der Waals surface area contributed by atoms with Crippen molar-refractivity contribution in [1.29, 1.82) is 0 Å². The first-order valence-corrected chi connectivity index (χ1v) is 9.09. The van der Waals surface area contributed by atoms with E-state index in [1.54, 1.807) is 13.8 Å². The van der Waals surface area contributed by atoms with Crippen LogP contribution in [0.15, 0.2) is 27.7 Å². The van der Waals surface area contributed by atoms with Gasteiger partial charge in [-0.2, -0.15) is 4.31 Å². The highest BCUT2D eigenvalue weighted by atomic mass is 32.2. The minimum absolute atomic E-state index is 0.0936. The molecule has 1 aromatic heterocycles. The highest BCUT2D eigenvalue weighted by Crippen LogP contribution is 2.34. The maximum Gasteiger partial charge on any atom is 0.307 e. The van der Waals surface area contributed by atoms with E-state index in [1.165, 1.54) is 22.5 Å². The summed E-state index contributed by atoms with van der Waals surface area (Å²) in [4.78, 5) is 11.2. The number of furan rings is 1. The summed E-state index contributed by atoms with van der Waals surface area (Å²) in [5, 5.41) is 9.34. The van der Waals surface area contributed by atoms with Crippen LogP contribution < -0.4 is 0 Å². The fourth-order valence-corrected chi connectivity index (χ4v) is 5.00. The number of carboxylic acid groups (broad SMARTS) is 1. The van der Waals surface area contributed by atoms with E-state index in [9.17, 15) is 22.7 Å². The summed E-state index contributed by atoms with van der Waals surface area (Å²) in [6.45, 7) is 3.21. The molecule has 0 saturated carbocycles. The molecule has 0 bridgehead atoms. The lowest BCUT2D eigenvalue weighted by molar-refractivity contribution is -0.143. The topological polar surface area (TPSA) is 87.8 Å². The molecule has 1 fully saturated rings. The molecule has 0 radical (unpaired) electrons. The van der Waals surface area contributed by atoms with Gasteiger partial charge < -0.3 is 9.52 Å². The molecule has 0 amide bonds. The minimum Gasteiger partial charge on any atom is -0.481 e. The molecule has 1 aliphatic heterocycles. The van der Waals surface area contributed by atoms with Crippen LogP contribution in [0.1, 0.15) is 25.3 Å². The third-order valence-corrected chi connectivity index (χ3v) is 6.56. The number of aryl methyl sites for hydroxylation is 1. The molecule has 2 aromatic rings. The molecule has 8 heteroatoms. The number of hydrogen-bond acceptors (Lipinski definition) is 4. The third kappa shape index (κ3) is 2.69. The average molecular weight is 355 g/mol. The maximum absolute atomic E-state index is 13.4. The van der Waals surface area contributed by atoms with Gasteiger partial charge in [-0.05, 0) is 44.9 Å². The lowest BCUT2D eigenvalue weighted by atomic mass is 9.96. The Kier molecular flexibility index (Phi) is 4.13. The number of carboxylic acids is 1. The molecule has 6 nitrogen and oxygen atoms in total. The van der Waals surface area contributed by atoms with E-state index >= 15 is 0 Å². The van der Waals surface area contributed by atoms with E-state index in [2.05, 4.69) is 0 Å². The molecule has 2 heterocycles. The Balaban J connectivity index is 2.07. The van der Waals surface area contributed by atoms with E-state index in [4.69, 9.17) is 4.42 Å². The standard InChI is InChI=1S/C16H18FNO5S/c1-9-3-4-11(15(19)20)8-18(9)24(21,22)16-10(2)13-7-12(17)5-6-14(13)23-16/h5-7,9,11H,3-4,8H2,1-2H3,(H,19,20). The summed E-state index contributed by atoms with van der Waals surface area (Å²) in [5.41, 5.74) is 0.612. The number of benzene rings is 1. The zero-order chi connectivity index (χ0) is 17.6. The Bertz CT molecular complexity index is 905. The highest BCUT2D eigenvalue weighted by Gasteiger charge is 2.40. The SMILES string of the molecule is Cc1c(S(=O)(=O)N2CC(C(=O)O)CCC2C)oc2ccc(F)cc12. The van der Waals surface area contributed by atoms with Crippen LogP contribution in [0.5, 0.6) is 0 Å². The zero-order valence-corrected chi connectivity index (χ0v) is 14.1. The number of piperidine rings is 1. The van der Waals surface area contributed by atoms with Crippen LogP contribution in [-0.2, 0) is 14.8 Å². The van der Waals surface area contributed by atoms with E-state index in [0.29, 0.717) is 23.8 Å². The van der Waals surface area contributed by atoms with E-state index in [-0.39, 0.29) is 23.3 Å². The normalized spacial score (nSPS) is 22.8. The van der Waals surface area contributed by atoms with Gasteiger partial charge in [0.2, 0.25) is 5.09 Å². The second-order valence-electron chi connectivity index (χ2n) is 6.19. The molecule has 0 aliphatic carbocycles. The summed E-state index contributed by atoms with van der Waals surface area (Å²) in [6, 6.07) is 3.49. The van der Waals surface area contributed by atoms with Gasteiger partial charge >= 0.3 is 5.97 Å². The molecule has 130 valence electrons. The van der Waals surface area contributed by atoms with Crippen LogP contribution in [0.3, 0.4) is 0 Å². The molecule has 1 aliphatic rings. The molecule has 1 N–H and O–H groups in total. The first-order valence-electron chi connectivity index (χ1n) is 7.65. The fraction of sp³-hybridized carbons (Fsp3) is 0.438. The number of fused-ring (bicyclic) bond motifs is 1. The van der Waals surface area contributed by atoms with Crippen LogP contribution in [0.2, 0.25) is 0 Å². The number of nitrogens with zero attached hydrogens (tertiary/aromatic N) is 1. The minimum atomic E-state index is -4.00. The first kappa shape index (κ1) is 16.9.